The van der Waals surface area contributed by atoms with Gasteiger partial charge in [0.25, 0.3) is 0 Å². The summed E-state index contributed by atoms with van der Waals surface area (Å²) in [4.78, 5) is 7.63. The number of aromatic nitrogens is 1. The lowest BCUT2D eigenvalue weighted by Crippen LogP contribution is -2.27. The highest BCUT2D eigenvalue weighted by molar-refractivity contribution is 9.11. The van der Waals surface area contributed by atoms with Gasteiger partial charge in [0.15, 0.2) is 10.8 Å². The molecule has 0 aromatic carbocycles. The van der Waals surface area contributed by atoms with Crippen LogP contribution in [-0.4, -0.2) is 43.6 Å². The summed E-state index contributed by atoms with van der Waals surface area (Å²) in [5, 5.41) is 0.417. The first kappa shape index (κ1) is 16.7. The molecule has 19 heavy (non-hydrogen) atoms. The lowest BCUT2D eigenvalue weighted by atomic mass is 10.4. The summed E-state index contributed by atoms with van der Waals surface area (Å²) in [5.74, 6) is 0. The highest BCUT2D eigenvalue weighted by atomic mass is 79.9. The summed E-state index contributed by atoms with van der Waals surface area (Å²) in [6.07, 6.45) is -3.52. The van der Waals surface area contributed by atoms with E-state index < -0.39 is 11.9 Å². The number of rotatable bonds is 6. The van der Waals surface area contributed by atoms with Crippen LogP contribution in [0.25, 0.3) is 0 Å². The normalized spacial score (nSPS) is 12.2. The van der Waals surface area contributed by atoms with Crippen LogP contribution in [0.5, 0.6) is 0 Å². The van der Waals surface area contributed by atoms with E-state index in [0.29, 0.717) is 18.2 Å². The molecule has 1 heterocycles. The van der Waals surface area contributed by atoms with Crippen molar-refractivity contribution in [2.45, 2.75) is 19.5 Å². The van der Waals surface area contributed by atoms with Gasteiger partial charge < -0.3 is 9.80 Å². The van der Waals surface area contributed by atoms with Crippen molar-refractivity contribution in [3.8, 4) is 0 Å². The van der Waals surface area contributed by atoms with Crippen LogP contribution < -0.4 is 4.90 Å². The minimum Gasteiger partial charge on any atom is -0.348 e. The highest BCUT2D eigenvalue weighted by Crippen LogP contribution is 2.40. The quantitative estimate of drug-likeness (QED) is 0.771. The second kappa shape index (κ2) is 6.90. The first-order chi connectivity index (χ1) is 8.75. The van der Waals surface area contributed by atoms with Gasteiger partial charge in [-0.3, -0.25) is 0 Å². The van der Waals surface area contributed by atoms with E-state index in [1.807, 2.05) is 30.8 Å². The van der Waals surface area contributed by atoms with E-state index in [-0.39, 0.29) is 3.79 Å². The minimum atomic E-state index is -4.41. The predicted octanol–water partition coefficient (Wildman–Crippen LogP) is 3.70. The number of alkyl halides is 3. The zero-order chi connectivity index (χ0) is 14.6. The van der Waals surface area contributed by atoms with Crippen molar-refractivity contribution in [1.29, 1.82) is 0 Å². The van der Waals surface area contributed by atoms with E-state index in [1.165, 1.54) is 0 Å². The molecule has 1 rings (SSSR count). The zero-order valence-electron chi connectivity index (χ0n) is 11.1. The second-order valence-electron chi connectivity index (χ2n) is 4.35. The molecule has 110 valence electrons. The van der Waals surface area contributed by atoms with Gasteiger partial charge in [-0.2, -0.15) is 13.2 Å². The Labute approximate surface area is 123 Å². The molecule has 0 radical (unpaired) electrons. The second-order valence-corrected chi connectivity index (χ2v) is 6.65. The number of hydrogen-bond acceptors (Lipinski definition) is 4. The topological polar surface area (TPSA) is 19.4 Å². The summed E-state index contributed by atoms with van der Waals surface area (Å²) in [5.41, 5.74) is -0.835. The third kappa shape index (κ3) is 4.92. The van der Waals surface area contributed by atoms with Gasteiger partial charge in [-0.05, 0) is 49.9 Å². The molecule has 0 atom stereocenters. The van der Waals surface area contributed by atoms with Crippen LogP contribution in [0.3, 0.4) is 0 Å². The Balaban J connectivity index is 2.77. The average molecular weight is 360 g/mol. The summed E-state index contributed by atoms with van der Waals surface area (Å²) in [6, 6.07) is 0. The molecule has 1 aromatic rings. The van der Waals surface area contributed by atoms with E-state index in [1.54, 1.807) is 0 Å². The Morgan fingerprint density at radius 2 is 1.89 bits per heavy atom. The Morgan fingerprint density at radius 3 is 2.32 bits per heavy atom. The summed E-state index contributed by atoms with van der Waals surface area (Å²) in [6.45, 7) is 4.16. The molecule has 0 saturated carbocycles. The summed E-state index contributed by atoms with van der Waals surface area (Å²) in [7, 11) is 3.94. The molecule has 0 N–H and O–H groups in total. The van der Waals surface area contributed by atoms with Crippen molar-refractivity contribution >= 4 is 32.4 Å². The van der Waals surface area contributed by atoms with Gasteiger partial charge in [0.1, 0.15) is 3.79 Å². The fourth-order valence-corrected chi connectivity index (χ4v) is 3.22. The fourth-order valence-electron chi connectivity index (χ4n) is 1.57. The maximum absolute atomic E-state index is 12.7. The van der Waals surface area contributed by atoms with Crippen molar-refractivity contribution in [1.82, 2.24) is 9.88 Å². The molecule has 0 saturated heterocycles. The Morgan fingerprint density at radius 1 is 1.26 bits per heavy atom. The Bertz CT molecular complexity index is 406. The van der Waals surface area contributed by atoms with Gasteiger partial charge >= 0.3 is 6.18 Å². The lowest BCUT2D eigenvalue weighted by molar-refractivity contribution is -0.141. The highest BCUT2D eigenvalue weighted by Gasteiger charge is 2.37. The van der Waals surface area contributed by atoms with Crippen LogP contribution in [0.1, 0.15) is 19.0 Å². The van der Waals surface area contributed by atoms with Crippen LogP contribution in [0.4, 0.5) is 18.3 Å². The van der Waals surface area contributed by atoms with Crippen molar-refractivity contribution in [2.24, 2.45) is 0 Å². The molecular weight excluding hydrogens is 343 g/mol. The monoisotopic (exact) mass is 359 g/mol. The van der Waals surface area contributed by atoms with Gasteiger partial charge in [-0.1, -0.05) is 11.3 Å². The Kier molecular flexibility index (Phi) is 6.07. The zero-order valence-corrected chi connectivity index (χ0v) is 13.5. The average Bonchev–Trinajstić information content (AvgIpc) is 2.66. The molecule has 0 spiro atoms. The maximum atomic E-state index is 12.7. The van der Waals surface area contributed by atoms with Crippen molar-refractivity contribution in [3.05, 3.63) is 9.48 Å². The van der Waals surface area contributed by atoms with Crippen LogP contribution in [0.2, 0.25) is 0 Å². The molecule has 0 aliphatic heterocycles. The molecule has 0 aliphatic rings. The Hall–Kier alpha value is -0.340. The smallest absolute Gasteiger partial charge is 0.348 e. The third-order valence-corrected chi connectivity index (χ3v) is 4.29. The maximum Gasteiger partial charge on any atom is 0.435 e. The molecule has 3 nitrogen and oxygen atoms in total. The van der Waals surface area contributed by atoms with Gasteiger partial charge in [-0.15, -0.1) is 0 Å². The van der Waals surface area contributed by atoms with Crippen LogP contribution in [0, 0.1) is 0 Å². The molecule has 0 amide bonds. The van der Waals surface area contributed by atoms with Crippen molar-refractivity contribution < 1.29 is 13.2 Å². The summed E-state index contributed by atoms with van der Waals surface area (Å²) >= 11 is 3.97. The van der Waals surface area contributed by atoms with Crippen LogP contribution >= 0.6 is 27.3 Å². The first-order valence-electron chi connectivity index (χ1n) is 5.89. The predicted molar refractivity (Wildman–Crippen MR) is 75.9 cm³/mol. The standard InChI is InChI=1S/C11H17BrF3N3S/c1-4-18(7-5-6-17(2)3)10-16-8(9(12)19-10)11(13,14)15/h4-7H2,1-3H3. The van der Waals surface area contributed by atoms with Gasteiger partial charge in [0, 0.05) is 13.1 Å². The summed E-state index contributed by atoms with van der Waals surface area (Å²) < 4.78 is 38.1. The van der Waals surface area contributed by atoms with E-state index >= 15 is 0 Å². The molecule has 0 aliphatic carbocycles. The molecule has 8 heteroatoms. The number of thiazole rings is 1. The van der Waals surface area contributed by atoms with E-state index in [2.05, 4.69) is 20.9 Å². The van der Waals surface area contributed by atoms with Crippen molar-refractivity contribution in [3.63, 3.8) is 0 Å². The molecule has 0 fully saturated rings. The lowest BCUT2D eigenvalue weighted by Gasteiger charge is -2.20. The first-order valence-corrected chi connectivity index (χ1v) is 7.49. The van der Waals surface area contributed by atoms with Gasteiger partial charge in [-0.25, -0.2) is 4.98 Å². The number of halogens is 4. The van der Waals surface area contributed by atoms with E-state index in [0.717, 1.165) is 24.3 Å². The minimum absolute atomic E-state index is 0.0426. The number of nitrogens with zero attached hydrogens (tertiary/aromatic N) is 3. The SMILES string of the molecule is CCN(CCCN(C)C)c1nc(C(F)(F)F)c(Br)s1. The third-order valence-electron chi connectivity index (χ3n) is 2.53. The fraction of sp³-hybridized carbons (Fsp3) is 0.727. The molecule has 0 unspecified atom stereocenters. The van der Waals surface area contributed by atoms with E-state index in [4.69, 9.17) is 0 Å². The van der Waals surface area contributed by atoms with Crippen LogP contribution in [-0.2, 0) is 6.18 Å². The molecular formula is C11H17BrF3N3S. The van der Waals surface area contributed by atoms with E-state index in [9.17, 15) is 13.2 Å². The largest absolute Gasteiger partial charge is 0.435 e. The molecule has 0 bridgehead atoms. The van der Waals surface area contributed by atoms with Crippen LogP contribution in [0.15, 0.2) is 3.79 Å². The van der Waals surface area contributed by atoms with Crippen molar-refractivity contribution in [2.75, 3.05) is 38.6 Å². The van der Waals surface area contributed by atoms with Gasteiger partial charge in [0.05, 0.1) is 0 Å². The van der Waals surface area contributed by atoms with Gasteiger partial charge in [0.2, 0.25) is 0 Å². The number of anilines is 1. The molecule has 1 aromatic heterocycles. The number of hydrogen-bond donors (Lipinski definition) is 0.